The van der Waals surface area contributed by atoms with Crippen LogP contribution in [0.1, 0.15) is 27.6 Å². The molecule has 0 aromatic carbocycles. The monoisotopic (exact) mass is 333 g/mol. The maximum Gasteiger partial charge on any atom is 0.255 e. The molecule has 1 aromatic heterocycles. The van der Waals surface area contributed by atoms with Gasteiger partial charge in [-0.1, -0.05) is 6.92 Å². The number of hydrogen-bond acceptors (Lipinski definition) is 5. The first-order valence-electron chi connectivity index (χ1n) is 8.41. The molecule has 7 nitrogen and oxygen atoms in total. The zero-order chi connectivity index (χ0) is 17.5. The summed E-state index contributed by atoms with van der Waals surface area (Å²) in [7, 11) is 3.90. The fraction of sp³-hybridized carbons (Fsp3) is 0.588. The standard InChI is InChI=1S/C17H27N5O2/c1-4-21-7-9-22(10-8-21)17(24)15-11-14(12-18-13-15)16(23)19-5-6-20(2)3/h11-13H,4-10H2,1-3H3,(H,19,23). The largest absolute Gasteiger partial charge is 0.351 e. The van der Waals surface area contributed by atoms with Crippen LogP contribution in [0.2, 0.25) is 0 Å². The topological polar surface area (TPSA) is 68.8 Å². The minimum atomic E-state index is -0.199. The average molecular weight is 333 g/mol. The summed E-state index contributed by atoms with van der Waals surface area (Å²) in [5.41, 5.74) is 0.895. The molecule has 24 heavy (non-hydrogen) atoms. The van der Waals surface area contributed by atoms with Crippen molar-refractivity contribution in [3.63, 3.8) is 0 Å². The smallest absolute Gasteiger partial charge is 0.255 e. The molecule has 0 unspecified atom stereocenters. The molecule has 0 saturated carbocycles. The van der Waals surface area contributed by atoms with E-state index in [2.05, 4.69) is 22.1 Å². The lowest BCUT2D eigenvalue weighted by atomic mass is 10.1. The normalized spacial score (nSPS) is 15.6. The van der Waals surface area contributed by atoms with Gasteiger partial charge < -0.3 is 20.0 Å². The van der Waals surface area contributed by atoms with Crippen LogP contribution < -0.4 is 5.32 Å². The fourth-order valence-electron chi connectivity index (χ4n) is 2.63. The van der Waals surface area contributed by atoms with Gasteiger partial charge in [0.05, 0.1) is 11.1 Å². The third-order valence-electron chi connectivity index (χ3n) is 4.20. The van der Waals surface area contributed by atoms with Gasteiger partial charge >= 0.3 is 0 Å². The molecule has 2 amide bonds. The predicted molar refractivity (Wildman–Crippen MR) is 93.1 cm³/mol. The molecular formula is C17H27N5O2. The Balaban J connectivity index is 1.96. The minimum Gasteiger partial charge on any atom is -0.351 e. The summed E-state index contributed by atoms with van der Waals surface area (Å²) in [5.74, 6) is -0.254. The van der Waals surface area contributed by atoms with Crippen molar-refractivity contribution in [3.8, 4) is 0 Å². The molecule has 2 heterocycles. The van der Waals surface area contributed by atoms with Crippen LogP contribution in [0.25, 0.3) is 0 Å². The van der Waals surface area contributed by atoms with Crippen LogP contribution in [0, 0.1) is 0 Å². The number of piperazine rings is 1. The SMILES string of the molecule is CCN1CCN(C(=O)c2cncc(C(=O)NCCN(C)C)c2)CC1. The zero-order valence-corrected chi connectivity index (χ0v) is 14.8. The molecule has 0 bridgehead atoms. The molecule has 0 atom stereocenters. The zero-order valence-electron chi connectivity index (χ0n) is 14.8. The maximum absolute atomic E-state index is 12.6. The summed E-state index contributed by atoms with van der Waals surface area (Å²) >= 11 is 0. The Morgan fingerprint density at radius 3 is 2.46 bits per heavy atom. The van der Waals surface area contributed by atoms with E-state index in [1.54, 1.807) is 6.07 Å². The average Bonchev–Trinajstić information content (AvgIpc) is 2.61. The molecule has 1 aromatic rings. The number of nitrogens with zero attached hydrogens (tertiary/aromatic N) is 4. The number of rotatable bonds is 6. The molecule has 1 fully saturated rings. The van der Waals surface area contributed by atoms with E-state index in [0.29, 0.717) is 30.8 Å². The highest BCUT2D eigenvalue weighted by molar-refractivity contribution is 5.99. The molecule has 0 radical (unpaired) electrons. The number of aromatic nitrogens is 1. The number of pyridine rings is 1. The van der Waals surface area contributed by atoms with E-state index in [0.717, 1.165) is 26.2 Å². The molecule has 7 heteroatoms. The van der Waals surface area contributed by atoms with Crippen molar-refractivity contribution in [1.29, 1.82) is 0 Å². The van der Waals surface area contributed by atoms with Gasteiger partial charge in [-0.2, -0.15) is 0 Å². The second-order valence-electron chi connectivity index (χ2n) is 6.25. The van der Waals surface area contributed by atoms with Crippen molar-refractivity contribution in [2.75, 3.05) is 59.9 Å². The molecule has 1 saturated heterocycles. The van der Waals surface area contributed by atoms with Crippen LogP contribution in [-0.4, -0.2) is 91.4 Å². The quantitative estimate of drug-likeness (QED) is 0.803. The van der Waals surface area contributed by atoms with E-state index in [-0.39, 0.29) is 11.8 Å². The highest BCUT2D eigenvalue weighted by Gasteiger charge is 2.22. The van der Waals surface area contributed by atoms with Crippen LogP contribution in [-0.2, 0) is 0 Å². The fourth-order valence-corrected chi connectivity index (χ4v) is 2.63. The molecule has 1 aliphatic rings. The Labute approximate surface area is 143 Å². The number of carbonyl (C=O) groups excluding carboxylic acids is 2. The van der Waals surface area contributed by atoms with E-state index in [1.807, 2.05) is 23.9 Å². The molecule has 1 aliphatic heterocycles. The van der Waals surface area contributed by atoms with Gasteiger partial charge in [-0.05, 0) is 26.7 Å². The summed E-state index contributed by atoms with van der Waals surface area (Å²) in [5, 5.41) is 2.84. The van der Waals surface area contributed by atoms with E-state index in [1.165, 1.54) is 12.4 Å². The van der Waals surface area contributed by atoms with Crippen LogP contribution in [0.4, 0.5) is 0 Å². The van der Waals surface area contributed by atoms with Gasteiger partial charge in [0.25, 0.3) is 11.8 Å². The Morgan fingerprint density at radius 2 is 1.83 bits per heavy atom. The number of amides is 2. The molecule has 0 aliphatic carbocycles. The minimum absolute atomic E-state index is 0.0544. The molecule has 0 spiro atoms. The van der Waals surface area contributed by atoms with Gasteiger partial charge in [-0.15, -0.1) is 0 Å². The van der Waals surface area contributed by atoms with Crippen molar-refractivity contribution in [2.24, 2.45) is 0 Å². The van der Waals surface area contributed by atoms with Crippen molar-refractivity contribution in [3.05, 3.63) is 29.6 Å². The van der Waals surface area contributed by atoms with Gasteiger partial charge in [0.1, 0.15) is 0 Å². The van der Waals surface area contributed by atoms with Crippen LogP contribution in [0.3, 0.4) is 0 Å². The Bertz CT molecular complexity index is 568. The summed E-state index contributed by atoms with van der Waals surface area (Å²) < 4.78 is 0. The Kier molecular flexibility index (Phi) is 6.69. The lowest BCUT2D eigenvalue weighted by molar-refractivity contribution is 0.0643. The number of hydrogen-bond donors (Lipinski definition) is 1. The third-order valence-corrected chi connectivity index (χ3v) is 4.20. The summed E-state index contributed by atoms with van der Waals surface area (Å²) in [6, 6.07) is 1.63. The van der Waals surface area contributed by atoms with Crippen LogP contribution >= 0.6 is 0 Å². The lowest BCUT2D eigenvalue weighted by Crippen LogP contribution is -2.48. The van der Waals surface area contributed by atoms with Crippen molar-refractivity contribution >= 4 is 11.8 Å². The second-order valence-corrected chi connectivity index (χ2v) is 6.25. The van der Waals surface area contributed by atoms with Crippen LogP contribution in [0.5, 0.6) is 0 Å². The first-order chi connectivity index (χ1) is 11.5. The van der Waals surface area contributed by atoms with Gasteiger partial charge in [0, 0.05) is 51.7 Å². The first kappa shape index (κ1) is 18.4. The lowest BCUT2D eigenvalue weighted by Gasteiger charge is -2.34. The number of carbonyl (C=O) groups is 2. The maximum atomic E-state index is 12.6. The molecular weight excluding hydrogens is 306 g/mol. The molecule has 132 valence electrons. The predicted octanol–water partition coefficient (Wildman–Crippen LogP) is 0.151. The highest BCUT2D eigenvalue weighted by Crippen LogP contribution is 2.10. The molecule has 2 rings (SSSR count). The summed E-state index contributed by atoms with van der Waals surface area (Å²) in [6.07, 6.45) is 3.03. The summed E-state index contributed by atoms with van der Waals surface area (Å²) in [6.45, 7) is 7.66. The van der Waals surface area contributed by atoms with Gasteiger partial charge in [-0.3, -0.25) is 14.6 Å². The highest BCUT2D eigenvalue weighted by atomic mass is 16.2. The van der Waals surface area contributed by atoms with Crippen molar-refractivity contribution < 1.29 is 9.59 Å². The van der Waals surface area contributed by atoms with Gasteiger partial charge in [-0.25, -0.2) is 0 Å². The van der Waals surface area contributed by atoms with E-state index < -0.39 is 0 Å². The van der Waals surface area contributed by atoms with E-state index in [9.17, 15) is 9.59 Å². The number of likely N-dealkylation sites (N-methyl/N-ethyl adjacent to an activating group) is 2. The van der Waals surface area contributed by atoms with Crippen molar-refractivity contribution in [1.82, 2.24) is 25.0 Å². The Hall–Kier alpha value is -1.99. The van der Waals surface area contributed by atoms with Crippen molar-refractivity contribution in [2.45, 2.75) is 6.92 Å². The molecule has 1 N–H and O–H groups in total. The van der Waals surface area contributed by atoms with E-state index >= 15 is 0 Å². The van der Waals surface area contributed by atoms with Gasteiger partial charge in [0.15, 0.2) is 0 Å². The second kappa shape index (κ2) is 8.75. The number of nitrogens with one attached hydrogen (secondary N) is 1. The van der Waals surface area contributed by atoms with E-state index in [4.69, 9.17) is 0 Å². The summed E-state index contributed by atoms with van der Waals surface area (Å²) in [4.78, 5) is 35.0. The third kappa shape index (κ3) is 5.01. The first-order valence-corrected chi connectivity index (χ1v) is 8.41. The van der Waals surface area contributed by atoms with Crippen LogP contribution in [0.15, 0.2) is 18.5 Å². The van der Waals surface area contributed by atoms with Gasteiger partial charge in [0.2, 0.25) is 0 Å². The Morgan fingerprint density at radius 1 is 1.17 bits per heavy atom.